The first kappa shape index (κ1) is 36.7. The number of nitrogens with zero attached hydrogens (tertiary/aromatic N) is 5. The molecule has 6 nitrogen and oxygen atoms in total. The SMILES string of the molecule is Cc1cc2cc(n1)N1CN3c4cc(ccc4-c4ccccc4-c4cc(C(C)(C)C)cc(n4)-n4c5ccccc5c5ccc(cc54)O2)-c2ccccc2-c2ccccc2-c2cccc1c23. The van der Waals surface area contributed by atoms with Crippen LogP contribution in [0.25, 0.3) is 83.4 Å². The number of hydrogen-bond donors (Lipinski definition) is 0. The Morgan fingerprint density at radius 1 is 0.469 bits per heavy atom. The maximum Gasteiger partial charge on any atom is 0.138 e. The lowest BCUT2D eigenvalue weighted by Gasteiger charge is -2.28. The second-order valence-corrected chi connectivity index (χ2v) is 18.3. The highest BCUT2D eigenvalue weighted by Crippen LogP contribution is 2.55. The second-order valence-electron chi connectivity index (χ2n) is 18.3. The van der Waals surface area contributed by atoms with E-state index in [0.29, 0.717) is 6.67 Å². The van der Waals surface area contributed by atoms with Gasteiger partial charge in [0.05, 0.1) is 33.8 Å². The number of fused-ring (bicyclic) bond motifs is 21. The van der Waals surface area contributed by atoms with Crippen molar-refractivity contribution in [3.8, 4) is 73.1 Å². The molecule has 0 saturated heterocycles. The smallest absolute Gasteiger partial charge is 0.138 e. The predicted octanol–water partition coefficient (Wildman–Crippen LogP) is 15.2. The summed E-state index contributed by atoms with van der Waals surface area (Å²) >= 11 is 0. The van der Waals surface area contributed by atoms with Gasteiger partial charge in [-0.15, -0.1) is 0 Å². The Morgan fingerprint density at radius 3 is 1.94 bits per heavy atom. The topological polar surface area (TPSA) is 46.4 Å². The van der Waals surface area contributed by atoms with Crippen LogP contribution in [0.15, 0.2) is 176 Å². The van der Waals surface area contributed by atoms with E-state index in [-0.39, 0.29) is 5.41 Å². The quantitative estimate of drug-likeness (QED) is 0.152. The van der Waals surface area contributed by atoms with Crippen LogP contribution in [0.2, 0.25) is 0 Å². The molecule has 3 aliphatic heterocycles. The summed E-state index contributed by atoms with van der Waals surface area (Å²) in [5.41, 5.74) is 18.7. The third-order valence-corrected chi connectivity index (χ3v) is 13.4. The van der Waals surface area contributed by atoms with Crippen LogP contribution in [0, 0.1) is 6.92 Å². The molecule has 0 radical (unpaired) electrons. The molecule has 3 aliphatic rings. The molecule has 0 unspecified atom stereocenters. The monoisotopic (exact) mass is 825 g/mol. The van der Waals surface area contributed by atoms with E-state index in [4.69, 9.17) is 14.7 Å². The van der Waals surface area contributed by atoms with Gasteiger partial charge in [-0.3, -0.25) is 4.57 Å². The lowest BCUT2D eigenvalue weighted by atomic mass is 9.85. The van der Waals surface area contributed by atoms with Gasteiger partial charge < -0.3 is 14.5 Å². The summed E-state index contributed by atoms with van der Waals surface area (Å²) in [6, 6.07) is 64.0. The summed E-state index contributed by atoms with van der Waals surface area (Å²) in [5.74, 6) is 3.16. The average molecular weight is 826 g/mol. The van der Waals surface area contributed by atoms with Crippen LogP contribution in [0.3, 0.4) is 0 Å². The standard InChI is InChI=1S/C58H43N5O/c1-35-28-39-33-55(59-35)61-34-62-53-29-36(40-14-5-6-15-41(40)42-16-7-8-17-43(42)49-21-13-23-52(61)57(49)62)24-26-47(53)44-18-9-10-19-45(44)50-30-37(58(2,3)4)31-56(60-50)63-51-22-12-11-20-46(51)48-27-25-38(64-39)32-54(48)63/h5-33H,34H2,1-4H3. The maximum absolute atomic E-state index is 6.89. The molecule has 0 spiro atoms. The van der Waals surface area contributed by atoms with Crippen molar-refractivity contribution < 1.29 is 4.74 Å². The molecule has 0 atom stereocenters. The van der Waals surface area contributed by atoms with E-state index in [0.717, 1.165) is 90.3 Å². The molecule has 64 heavy (non-hydrogen) atoms. The summed E-state index contributed by atoms with van der Waals surface area (Å²) < 4.78 is 9.20. The highest BCUT2D eigenvalue weighted by molar-refractivity contribution is 6.10. The van der Waals surface area contributed by atoms with Gasteiger partial charge in [-0.05, 0) is 93.7 Å². The van der Waals surface area contributed by atoms with E-state index >= 15 is 0 Å². The van der Waals surface area contributed by atoms with Crippen LogP contribution in [0.5, 0.6) is 11.5 Å². The van der Waals surface area contributed by atoms with Crippen LogP contribution < -0.4 is 14.5 Å². The fourth-order valence-electron chi connectivity index (χ4n) is 10.4. The molecule has 3 aromatic heterocycles. The van der Waals surface area contributed by atoms with Crippen molar-refractivity contribution in [2.24, 2.45) is 0 Å². The molecule has 0 fully saturated rings. The number of para-hydroxylation sites is 2. The van der Waals surface area contributed by atoms with Gasteiger partial charge in [-0.1, -0.05) is 136 Å². The minimum Gasteiger partial charge on any atom is -0.457 e. The van der Waals surface area contributed by atoms with Crippen molar-refractivity contribution >= 4 is 44.7 Å². The molecule has 0 aliphatic carbocycles. The van der Waals surface area contributed by atoms with Gasteiger partial charge >= 0.3 is 0 Å². The Morgan fingerprint density at radius 2 is 1.14 bits per heavy atom. The van der Waals surface area contributed by atoms with E-state index in [1.165, 1.54) is 38.8 Å². The minimum atomic E-state index is -0.161. The van der Waals surface area contributed by atoms with Crippen molar-refractivity contribution in [1.29, 1.82) is 0 Å². The van der Waals surface area contributed by atoms with E-state index in [1.54, 1.807) is 0 Å². The molecule has 0 N–H and O–H groups in total. The Hall–Kier alpha value is -7.96. The van der Waals surface area contributed by atoms with Gasteiger partial charge in [0, 0.05) is 51.4 Å². The van der Waals surface area contributed by atoms with Gasteiger partial charge in [0.25, 0.3) is 0 Å². The van der Waals surface area contributed by atoms with Crippen LogP contribution in [-0.2, 0) is 5.41 Å². The average Bonchev–Trinajstić information content (AvgIpc) is 3.87. The number of benzene rings is 7. The molecular formula is C58H43N5O. The van der Waals surface area contributed by atoms with Crippen molar-refractivity contribution in [2.45, 2.75) is 33.1 Å². The Balaban J connectivity index is 1.17. The van der Waals surface area contributed by atoms with E-state index in [9.17, 15) is 0 Å². The third-order valence-electron chi connectivity index (χ3n) is 13.4. The number of aromatic nitrogens is 3. The van der Waals surface area contributed by atoms with Gasteiger partial charge in [0.15, 0.2) is 0 Å². The van der Waals surface area contributed by atoms with Gasteiger partial charge in [-0.2, -0.15) is 0 Å². The van der Waals surface area contributed by atoms with Gasteiger partial charge in [0.1, 0.15) is 29.8 Å². The van der Waals surface area contributed by atoms with Crippen LogP contribution in [0.1, 0.15) is 32.0 Å². The van der Waals surface area contributed by atoms with Crippen molar-refractivity contribution in [2.75, 3.05) is 16.5 Å². The zero-order valence-corrected chi connectivity index (χ0v) is 36.1. The molecule has 10 bridgehead atoms. The second kappa shape index (κ2) is 13.5. The lowest BCUT2D eigenvalue weighted by Crippen LogP contribution is -2.25. The lowest BCUT2D eigenvalue weighted by molar-refractivity contribution is 0.482. The first-order valence-corrected chi connectivity index (χ1v) is 22.1. The molecule has 0 amide bonds. The van der Waals surface area contributed by atoms with E-state index in [2.05, 4.69) is 212 Å². The van der Waals surface area contributed by atoms with Crippen molar-refractivity contribution in [3.05, 3.63) is 187 Å². The molecular weight excluding hydrogens is 783 g/mol. The molecule has 10 aromatic rings. The summed E-state index contributed by atoms with van der Waals surface area (Å²) in [7, 11) is 0. The zero-order chi connectivity index (χ0) is 42.8. The largest absolute Gasteiger partial charge is 0.457 e. The molecule has 6 heteroatoms. The van der Waals surface area contributed by atoms with Crippen LogP contribution in [0.4, 0.5) is 22.9 Å². The summed E-state index contributed by atoms with van der Waals surface area (Å²) in [4.78, 5) is 15.7. The Kier molecular flexibility index (Phi) is 7.75. The van der Waals surface area contributed by atoms with Gasteiger partial charge in [0.2, 0.25) is 0 Å². The number of hydrogen-bond acceptors (Lipinski definition) is 5. The predicted molar refractivity (Wildman–Crippen MR) is 263 cm³/mol. The third kappa shape index (κ3) is 5.51. The highest BCUT2D eigenvalue weighted by Gasteiger charge is 2.35. The summed E-state index contributed by atoms with van der Waals surface area (Å²) in [6.07, 6.45) is 0. The Labute approximate surface area is 372 Å². The van der Waals surface area contributed by atoms with Crippen LogP contribution in [-0.4, -0.2) is 21.2 Å². The van der Waals surface area contributed by atoms with Crippen LogP contribution >= 0.6 is 0 Å². The number of anilines is 4. The number of rotatable bonds is 0. The number of ether oxygens (including phenoxy) is 1. The molecule has 6 heterocycles. The highest BCUT2D eigenvalue weighted by atomic mass is 16.5. The normalized spacial score (nSPS) is 13.3. The van der Waals surface area contributed by atoms with E-state index in [1.807, 2.05) is 6.07 Å². The first-order valence-electron chi connectivity index (χ1n) is 22.1. The minimum absolute atomic E-state index is 0.161. The van der Waals surface area contributed by atoms with E-state index < -0.39 is 0 Å². The fraction of sp³-hybridized carbons (Fsp3) is 0.103. The van der Waals surface area contributed by atoms with Crippen molar-refractivity contribution in [3.63, 3.8) is 0 Å². The zero-order valence-electron chi connectivity index (χ0n) is 36.1. The molecule has 7 aromatic carbocycles. The van der Waals surface area contributed by atoms with Crippen molar-refractivity contribution in [1.82, 2.24) is 14.5 Å². The fourth-order valence-corrected chi connectivity index (χ4v) is 10.4. The van der Waals surface area contributed by atoms with Gasteiger partial charge in [-0.25, -0.2) is 9.97 Å². The molecule has 13 rings (SSSR count). The first-order chi connectivity index (χ1) is 31.2. The number of aryl methyl sites for hydroxylation is 1. The number of pyridine rings is 2. The molecule has 0 saturated carbocycles. The molecule has 306 valence electrons. The summed E-state index contributed by atoms with van der Waals surface area (Å²) in [6.45, 7) is 9.45. The maximum atomic E-state index is 6.89. The summed E-state index contributed by atoms with van der Waals surface area (Å²) in [5, 5.41) is 2.31. The Bertz CT molecular complexity index is 3590.